The first-order valence-electron chi connectivity index (χ1n) is 9.70. The second-order valence-electron chi connectivity index (χ2n) is 6.95. The normalized spacial score (nSPS) is 10.6. The molecule has 0 aliphatic carbocycles. The molecule has 0 bridgehead atoms. The van der Waals surface area contributed by atoms with E-state index in [1.54, 1.807) is 30.3 Å². The lowest BCUT2D eigenvalue weighted by atomic mass is 10.2. The van der Waals surface area contributed by atoms with Crippen LogP contribution in [0.1, 0.15) is 11.3 Å². The standard InChI is InChI=1S/C24H20N2O5/c1-16-6-10-18(11-7-16)30-19-12-8-17(9-13-19)25-23(27)15-29-24(28)14-21-20-4-2-3-5-22(20)31-26-21/h2-13H,14-15H2,1H3,(H,25,27). The summed E-state index contributed by atoms with van der Waals surface area (Å²) in [6.07, 6.45) is -0.0741. The van der Waals surface area contributed by atoms with Crippen molar-refractivity contribution < 1.29 is 23.6 Å². The summed E-state index contributed by atoms with van der Waals surface area (Å²) in [6.45, 7) is 1.62. The van der Waals surface area contributed by atoms with Gasteiger partial charge in [-0.05, 0) is 55.5 Å². The highest BCUT2D eigenvalue weighted by atomic mass is 16.5. The predicted molar refractivity (Wildman–Crippen MR) is 115 cm³/mol. The molecule has 0 saturated heterocycles. The van der Waals surface area contributed by atoms with Gasteiger partial charge in [0.05, 0.1) is 6.42 Å². The summed E-state index contributed by atoms with van der Waals surface area (Å²) in [7, 11) is 0. The van der Waals surface area contributed by atoms with Gasteiger partial charge in [0.1, 0.15) is 17.2 Å². The molecule has 1 heterocycles. The predicted octanol–water partition coefficient (Wildman–Crippen LogP) is 4.65. The fourth-order valence-corrected chi connectivity index (χ4v) is 2.95. The van der Waals surface area contributed by atoms with E-state index in [4.69, 9.17) is 14.0 Å². The number of ether oxygens (including phenoxy) is 2. The zero-order valence-corrected chi connectivity index (χ0v) is 16.8. The molecule has 31 heavy (non-hydrogen) atoms. The maximum atomic E-state index is 12.1. The van der Waals surface area contributed by atoms with E-state index >= 15 is 0 Å². The molecule has 7 nitrogen and oxygen atoms in total. The first kappa shape index (κ1) is 20.2. The third-order valence-electron chi connectivity index (χ3n) is 4.52. The molecule has 0 saturated carbocycles. The first-order chi connectivity index (χ1) is 15.1. The van der Waals surface area contributed by atoms with Crippen LogP contribution in [0.2, 0.25) is 0 Å². The molecule has 156 valence electrons. The van der Waals surface area contributed by atoms with Crippen molar-refractivity contribution >= 4 is 28.5 Å². The number of para-hydroxylation sites is 1. The molecule has 0 radical (unpaired) electrons. The number of aromatic nitrogens is 1. The minimum Gasteiger partial charge on any atom is -0.457 e. The SMILES string of the molecule is Cc1ccc(Oc2ccc(NC(=O)COC(=O)Cc3noc4ccccc34)cc2)cc1. The van der Waals surface area contributed by atoms with Crippen molar-refractivity contribution in [1.29, 1.82) is 0 Å². The third kappa shape index (κ3) is 5.27. The summed E-state index contributed by atoms with van der Waals surface area (Å²) < 4.78 is 16.0. The molecular formula is C24H20N2O5. The van der Waals surface area contributed by atoms with Gasteiger partial charge in [0.2, 0.25) is 0 Å². The van der Waals surface area contributed by atoms with Crippen LogP contribution in [0.5, 0.6) is 11.5 Å². The molecule has 0 spiro atoms. The van der Waals surface area contributed by atoms with E-state index < -0.39 is 18.5 Å². The number of aryl methyl sites for hydroxylation is 1. The van der Waals surface area contributed by atoms with Gasteiger partial charge in [0.15, 0.2) is 12.2 Å². The van der Waals surface area contributed by atoms with Gasteiger partial charge in [0.25, 0.3) is 5.91 Å². The van der Waals surface area contributed by atoms with E-state index in [1.807, 2.05) is 49.4 Å². The summed E-state index contributed by atoms with van der Waals surface area (Å²) in [4.78, 5) is 24.1. The fraction of sp³-hybridized carbons (Fsp3) is 0.125. The minimum atomic E-state index is -0.559. The van der Waals surface area contributed by atoms with Crippen LogP contribution in [0.3, 0.4) is 0 Å². The van der Waals surface area contributed by atoms with E-state index in [9.17, 15) is 9.59 Å². The summed E-state index contributed by atoms with van der Waals surface area (Å²) in [5, 5.41) is 7.31. The van der Waals surface area contributed by atoms with Gasteiger partial charge in [-0.1, -0.05) is 35.0 Å². The Labute approximate surface area is 178 Å². The molecule has 0 unspecified atom stereocenters. The summed E-state index contributed by atoms with van der Waals surface area (Å²) in [5.74, 6) is 0.379. The monoisotopic (exact) mass is 416 g/mol. The number of carbonyl (C=O) groups is 2. The Hall–Kier alpha value is -4.13. The van der Waals surface area contributed by atoms with E-state index in [2.05, 4.69) is 10.5 Å². The molecule has 7 heteroatoms. The summed E-state index contributed by atoms with van der Waals surface area (Å²) in [5.41, 5.74) is 2.79. The smallest absolute Gasteiger partial charge is 0.312 e. The first-order valence-corrected chi connectivity index (χ1v) is 9.70. The molecule has 4 aromatic rings. The van der Waals surface area contributed by atoms with Crippen LogP contribution >= 0.6 is 0 Å². The van der Waals surface area contributed by atoms with Crippen LogP contribution in [-0.4, -0.2) is 23.6 Å². The van der Waals surface area contributed by atoms with Crippen LogP contribution in [0.25, 0.3) is 11.0 Å². The number of anilines is 1. The van der Waals surface area contributed by atoms with E-state index in [0.717, 1.165) is 16.7 Å². The zero-order chi connectivity index (χ0) is 21.6. The second-order valence-corrected chi connectivity index (χ2v) is 6.95. The van der Waals surface area contributed by atoms with Crippen LogP contribution < -0.4 is 10.1 Å². The molecule has 0 aliphatic heterocycles. The number of benzene rings is 3. The zero-order valence-electron chi connectivity index (χ0n) is 16.8. The van der Waals surface area contributed by atoms with Gasteiger partial charge in [-0.3, -0.25) is 9.59 Å². The van der Waals surface area contributed by atoms with E-state index in [0.29, 0.717) is 22.7 Å². The highest BCUT2D eigenvalue weighted by molar-refractivity contribution is 5.93. The second kappa shape index (κ2) is 9.13. The highest BCUT2D eigenvalue weighted by Crippen LogP contribution is 2.23. The van der Waals surface area contributed by atoms with Gasteiger partial charge in [-0.2, -0.15) is 0 Å². The Bertz CT molecular complexity index is 1200. The quantitative estimate of drug-likeness (QED) is 0.441. The van der Waals surface area contributed by atoms with E-state index in [-0.39, 0.29) is 6.42 Å². The van der Waals surface area contributed by atoms with Gasteiger partial charge >= 0.3 is 5.97 Å². The minimum absolute atomic E-state index is 0.0741. The largest absolute Gasteiger partial charge is 0.457 e. The van der Waals surface area contributed by atoms with Crippen molar-refractivity contribution in [3.63, 3.8) is 0 Å². The molecular weight excluding hydrogens is 396 g/mol. The molecule has 1 amide bonds. The van der Waals surface area contributed by atoms with Crippen molar-refractivity contribution in [2.24, 2.45) is 0 Å². The van der Waals surface area contributed by atoms with Gasteiger partial charge in [-0.15, -0.1) is 0 Å². The third-order valence-corrected chi connectivity index (χ3v) is 4.52. The number of nitrogens with zero attached hydrogens (tertiary/aromatic N) is 1. The molecule has 0 atom stereocenters. The number of esters is 1. The van der Waals surface area contributed by atoms with Crippen molar-refractivity contribution in [1.82, 2.24) is 5.16 Å². The van der Waals surface area contributed by atoms with Gasteiger partial charge < -0.3 is 19.3 Å². The van der Waals surface area contributed by atoms with Gasteiger partial charge in [-0.25, -0.2) is 0 Å². The van der Waals surface area contributed by atoms with Crippen LogP contribution in [0, 0.1) is 6.92 Å². The van der Waals surface area contributed by atoms with E-state index in [1.165, 1.54) is 0 Å². The Morgan fingerprint density at radius 1 is 0.935 bits per heavy atom. The lowest BCUT2D eigenvalue weighted by Crippen LogP contribution is -2.21. The Morgan fingerprint density at radius 3 is 2.35 bits per heavy atom. The Balaban J connectivity index is 1.25. The lowest BCUT2D eigenvalue weighted by molar-refractivity contribution is -0.146. The Kier molecular flexibility index (Phi) is 5.93. The molecule has 4 rings (SSSR count). The molecule has 1 aromatic heterocycles. The van der Waals surface area contributed by atoms with Crippen molar-refractivity contribution in [3.8, 4) is 11.5 Å². The maximum Gasteiger partial charge on any atom is 0.312 e. The molecule has 0 fully saturated rings. The van der Waals surface area contributed by atoms with Crippen molar-refractivity contribution in [3.05, 3.63) is 84.1 Å². The number of carbonyl (C=O) groups excluding carboxylic acids is 2. The maximum absolute atomic E-state index is 12.1. The van der Waals surface area contributed by atoms with Crippen LogP contribution in [0.4, 0.5) is 5.69 Å². The fourth-order valence-electron chi connectivity index (χ4n) is 2.95. The number of amides is 1. The summed E-state index contributed by atoms with van der Waals surface area (Å²) >= 11 is 0. The van der Waals surface area contributed by atoms with Gasteiger partial charge in [0, 0.05) is 11.1 Å². The number of rotatable bonds is 7. The van der Waals surface area contributed by atoms with Crippen LogP contribution in [-0.2, 0) is 20.7 Å². The van der Waals surface area contributed by atoms with Crippen LogP contribution in [0.15, 0.2) is 77.3 Å². The number of nitrogens with one attached hydrogen (secondary N) is 1. The summed E-state index contributed by atoms with van der Waals surface area (Å²) in [6, 6.07) is 21.9. The molecule has 3 aromatic carbocycles. The highest BCUT2D eigenvalue weighted by Gasteiger charge is 2.14. The number of hydrogen-bond donors (Lipinski definition) is 1. The Morgan fingerprint density at radius 2 is 1.61 bits per heavy atom. The van der Waals surface area contributed by atoms with Crippen molar-refractivity contribution in [2.75, 3.05) is 11.9 Å². The number of fused-ring (bicyclic) bond motifs is 1. The topological polar surface area (TPSA) is 90.7 Å². The lowest BCUT2D eigenvalue weighted by Gasteiger charge is -2.09. The number of hydrogen-bond acceptors (Lipinski definition) is 6. The molecule has 0 aliphatic rings. The molecule has 1 N–H and O–H groups in total. The van der Waals surface area contributed by atoms with Crippen molar-refractivity contribution in [2.45, 2.75) is 13.3 Å². The average molecular weight is 416 g/mol. The average Bonchev–Trinajstić information content (AvgIpc) is 3.18.